The second-order valence-electron chi connectivity index (χ2n) is 5.61. The average Bonchev–Trinajstić information content (AvgIpc) is 2.67. The summed E-state index contributed by atoms with van der Waals surface area (Å²) in [5.41, 5.74) is 6.77. The van der Waals surface area contributed by atoms with E-state index in [1.54, 1.807) is 7.11 Å². The van der Waals surface area contributed by atoms with E-state index in [2.05, 4.69) is 16.4 Å². The summed E-state index contributed by atoms with van der Waals surface area (Å²) in [6.45, 7) is 0. The van der Waals surface area contributed by atoms with Crippen molar-refractivity contribution in [1.82, 2.24) is 0 Å². The zero-order chi connectivity index (χ0) is 17.8. The Bertz CT molecular complexity index is 866. The van der Waals surface area contributed by atoms with Gasteiger partial charge in [0, 0.05) is 29.0 Å². The van der Waals surface area contributed by atoms with Crippen LogP contribution in [0, 0.1) is 0 Å². The number of halogens is 1. The number of rotatable bonds is 5. The van der Waals surface area contributed by atoms with Crippen LogP contribution in [0.3, 0.4) is 0 Å². The molecule has 0 aliphatic carbocycles. The van der Waals surface area contributed by atoms with Gasteiger partial charge in [-0.15, -0.1) is 0 Å². The van der Waals surface area contributed by atoms with E-state index in [4.69, 9.17) is 21.5 Å². The van der Waals surface area contributed by atoms with Crippen molar-refractivity contribution in [1.29, 1.82) is 0 Å². The molecule has 128 valence electrons. The first-order valence-electron chi connectivity index (χ1n) is 7.80. The zero-order valence-corrected chi connectivity index (χ0v) is 14.8. The Morgan fingerprint density at radius 3 is 2.32 bits per heavy atom. The second-order valence-corrected chi connectivity index (χ2v) is 6.05. The van der Waals surface area contributed by atoms with Gasteiger partial charge >= 0.3 is 0 Å². The molecule has 0 heterocycles. The Labute approximate surface area is 152 Å². The van der Waals surface area contributed by atoms with Crippen LogP contribution in [0.1, 0.15) is 0 Å². The normalized spacial score (nSPS) is 10.4. The van der Waals surface area contributed by atoms with E-state index >= 15 is 0 Å². The van der Waals surface area contributed by atoms with E-state index < -0.39 is 0 Å². The molecule has 0 aliphatic rings. The fourth-order valence-corrected chi connectivity index (χ4v) is 2.89. The molecule has 2 N–H and O–H groups in total. The summed E-state index contributed by atoms with van der Waals surface area (Å²) >= 11 is 6.14. The van der Waals surface area contributed by atoms with E-state index in [1.165, 1.54) is 0 Å². The fourth-order valence-electron chi connectivity index (χ4n) is 2.69. The lowest BCUT2D eigenvalue weighted by Crippen LogP contribution is -2.09. The molecule has 4 nitrogen and oxygen atoms in total. The van der Waals surface area contributed by atoms with Gasteiger partial charge in [0.1, 0.15) is 5.75 Å². The molecule has 0 aliphatic heterocycles. The van der Waals surface area contributed by atoms with Gasteiger partial charge in [-0.05, 0) is 60.2 Å². The summed E-state index contributed by atoms with van der Waals surface area (Å²) in [7, 11) is 3.65. The molecule has 3 aromatic rings. The maximum absolute atomic E-state index is 8.94. The summed E-state index contributed by atoms with van der Waals surface area (Å²) in [5.74, 6) is 0.791. The van der Waals surface area contributed by atoms with Crippen LogP contribution in [0.4, 0.5) is 17.1 Å². The molecular weight excluding hydrogens is 336 g/mol. The molecule has 25 heavy (non-hydrogen) atoms. The smallest absolute Gasteiger partial charge is 0.126 e. The van der Waals surface area contributed by atoms with Crippen LogP contribution < -0.4 is 15.1 Å². The molecule has 5 heteroatoms. The number of nitrogens with zero attached hydrogens (tertiary/aromatic N) is 1. The van der Waals surface area contributed by atoms with Crippen LogP contribution in [0.25, 0.3) is 11.1 Å². The SMILES string of the molecule is COc1ccc(N(C)c2ccc(NO)cc2)cc1-c1cccc(Cl)c1. The minimum absolute atomic E-state index is 0.645. The van der Waals surface area contributed by atoms with E-state index in [0.717, 1.165) is 28.3 Å². The molecule has 0 spiro atoms. The highest BCUT2D eigenvalue weighted by molar-refractivity contribution is 6.30. The first-order chi connectivity index (χ1) is 12.1. The van der Waals surface area contributed by atoms with Crippen molar-refractivity contribution < 1.29 is 9.94 Å². The number of benzene rings is 3. The minimum atomic E-state index is 0.645. The van der Waals surface area contributed by atoms with Crippen molar-refractivity contribution in [3.8, 4) is 16.9 Å². The van der Waals surface area contributed by atoms with Crippen molar-refractivity contribution in [3.05, 3.63) is 71.8 Å². The third kappa shape index (κ3) is 3.71. The monoisotopic (exact) mass is 354 g/mol. The summed E-state index contributed by atoms with van der Waals surface area (Å²) in [6, 6.07) is 21.2. The predicted molar refractivity (Wildman–Crippen MR) is 103 cm³/mol. The maximum Gasteiger partial charge on any atom is 0.126 e. The quantitative estimate of drug-likeness (QED) is 0.587. The van der Waals surface area contributed by atoms with Gasteiger partial charge < -0.3 is 9.64 Å². The number of anilines is 3. The number of methoxy groups -OCH3 is 1. The number of ether oxygens (including phenoxy) is 1. The third-order valence-electron chi connectivity index (χ3n) is 4.09. The topological polar surface area (TPSA) is 44.7 Å². The summed E-state index contributed by atoms with van der Waals surface area (Å²) < 4.78 is 5.51. The Kier molecular flexibility index (Phi) is 5.12. The van der Waals surface area contributed by atoms with Crippen LogP contribution in [-0.4, -0.2) is 19.4 Å². The first kappa shape index (κ1) is 17.1. The third-order valence-corrected chi connectivity index (χ3v) is 4.32. The molecule has 0 saturated carbocycles. The van der Waals surface area contributed by atoms with Crippen molar-refractivity contribution in [2.45, 2.75) is 0 Å². The van der Waals surface area contributed by atoms with Gasteiger partial charge in [0.25, 0.3) is 0 Å². The van der Waals surface area contributed by atoms with Crippen molar-refractivity contribution in [2.75, 3.05) is 24.5 Å². The lowest BCUT2D eigenvalue weighted by Gasteiger charge is -2.21. The van der Waals surface area contributed by atoms with Crippen LogP contribution >= 0.6 is 11.6 Å². The lowest BCUT2D eigenvalue weighted by molar-refractivity contribution is 0.389. The van der Waals surface area contributed by atoms with Gasteiger partial charge in [-0.2, -0.15) is 0 Å². The number of nitrogens with one attached hydrogen (secondary N) is 1. The molecular formula is C20H19ClN2O2. The highest BCUT2D eigenvalue weighted by atomic mass is 35.5. The molecule has 0 atom stereocenters. The Balaban J connectivity index is 2.00. The molecule has 0 fully saturated rings. The van der Waals surface area contributed by atoms with Crippen LogP contribution in [0.2, 0.25) is 5.02 Å². The zero-order valence-electron chi connectivity index (χ0n) is 14.0. The number of hydrogen-bond acceptors (Lipinski definition) is 4. The number of hydrogen-bond donors (Lipinski definition) is 2. The molecule has 3 rings (SSSR count). The highest BCUT2D eigenvalue weighted by Gasteiger charge is 2.11. The second kappa shape index (κ2) is 7.47. The van der Waals surface area contributed by atoms with Crippen molar-refractivity contribution in [3.63, 3.8) is 0 Å². The predicted octanol–water partition coefficient (Wildman–Crippen LogP) is 5.58. The molecule has 0 amide bonds. The maximum atomic E-state index is 8.94. The van der Waals surface area contributed by atoms with Crippen LogP contribution in [-0.2, 0) is 0 Å². The molecule has 0 radical (unpaired) electrons. The highest BCUT2D eigenvalue weighted by Crippen LogP contribution is 2.36. The molecule has 0 bridgehead atoms. The van der Waals surface area contributed by atoms with Gasteiger partial charge in [0.15, 0.2) is 0 Å². The molecule has 3 aromatic carbocycles. The largest absolute Gasteiger partial charge is 0.496 e. The van der Waals surface area contributed by atoms with Gasteiger partial charge in [-0.3, -0.25) is 10.7 Å². The summed E-state index contributed by atoms with van der Waals surface area (Å²) in [4.78, 5) is 2.06. The molecule has 0 saturated heterocycles. The van der Waals surface area contributed by atoms with Gasteiger partial charge in [-0.1, -0.05) is 23.7 Å². The lowest BCUT2D eigenvalue weighted by atomic mass is 10.0. The van der Waals surface area contributed by atoms with E-state index in [9.17, 15) is 0 Å². The Morgan fingerprint density at radius 2 is 1.68 bits per heavy atom. The van der Waals surface area contributed by atoms with Crippen molar-refractivity contribution in [2.24, 2.45) is 0 Å². The van der Waals surface area contributed by atoms with Gasteiger partial charge in [0.05, 0.1) is 12.8 Å². The van der Waals surface area contributed by atoms with Gasteiger partial charge in [-0.25, -0.2) is 0 Å². The minimum Gasteiger partial charge on any atom is -0.496 e. The fraction of sp³-hybridized carbons (Fsp3) is 0.100. The first-order valence-corrected chi connectivity index (χ1v) is 8.18. The summed E-state index contributed by atoms with van der Waals surface area (Å²) in [5, 5.41) is 9.62. The van der Waals surface area contributed by atoms with Gasteiger partial charge in [0.2, 0.25) is 0 Å². The summed E-state index contributed by atoms with van der Waals surface area (Å²) in [6.07, 6.45) is 0. The van der Waals surface area contributed by atoms with Crippen molar-refractivity contribution >= 4 is 28.7 Å². The Morgan fingerprint density at radius 1 is 0.960 bits per heavy atom. The Hall–Kier alpha value is -2.69. The van der Waals surface area contributed by atoms with E-state index in [0.29, 0.717) is 10.7 Å². The van der Waals surface area contributed by atoms with Crippen LogP contribution in [0.5, 0.6) is 5.75 Å². The average molecular weight is 355 g/mol. The molecule has 0 unspecified atom stereocenters. The standard InChI is InChI=1S/C20H19ClN2O2/c1-23(17-8-6-16(22-24)7-9-17)18-10-11-20(25-2)19(13-18)14-4-3-5-15(21)12-14/h3-13,22,24H,1-2H3. The molecule has 0 aromatic heterocycles. The van der Waals surface area contributed by atoms with E-state index in [1.807, 2.05) is 67.7 Å². The van der Waals surface area contributed by atoms with Crippen LogP contribution in [0.15, 0.2) is 66.7 Å². The van der Waals surface area contributed by atoms with E-state index in [-0.39, 0.29) is 0 Å².